The summed E-state index contributed by atoms with van der Waals surface area (Å²) in [5.41, 5.74) is 2.15. The van der Waals surface area contributed by atoms with Gasteiger partial charge in [0.05, 0.1) is 19.1 Å². The number of carbonyl (C=O) groups excluding carboxylic acids is 1. The molecule has 1 amide bonds. The molecule has 0 heterocycles. The van der Waals surface area contributed by atoms with Crippen molar-refractivity contribution >= 4 is 11.9 Å². The lowest BCUT2D eigenvalue weighted by Crippen LogP contribution is -2.23. The predicted octanol–water partition coefficient (Wildman–Crippen LogP) is 5.78. The number of amides is 1. The van der Waals surface area contributed by atoms with Crippen molar-refractivity contribution < 1.29 is 24.2 Å². The Labute approximate surface area is 194 Å². The molecule has 3 aromatic carbocycles. The first-order valence-corrected chi connectivity index (χ1v) is 11.0. The zero-order chi connectivity index (χ0) is 23.6. The average molecular weight is 448 g/mol. The van der Waals surface area contributed by atoms with Crippen LogP contribution in [0, 0.1) is 0 Å². The molecule has 0 radical (unpaired) electrons. The van der Waals surface area contributed by atoms with Crippen molar-refractivity contribution in [2.45, 2.75) is 38.6 Å². The van der Waals surface area contributed by atoms with E-state index in [1.807, 2.05) is 67.6 Å². The third kappa shape index (κ3) is 6.84. The monoisotopic (exact) mass is 447 g/mol. The van der Waals surface area contributed by atoms with Crippen molar-refractivity contribution in [1.82, 2.24) is 5.32 Å². The first-order chi connectivity index (χ1) is 16.0. The molecule has 33 heavy (non-hydrogen) atoms. The van der Waals surface area contributed by atoms with Gasteiger partial charge in [-0.1, -0.05) is 49.7 Å². The fourth-order valence-electron chi connectivity index (χ4n) is 3.68. The van der Waals surface area contributed by atoms with Gasteiger partial charge in [0, 0.05) is 6.54 Å². The number of nitrogens with one attached hydrogen (secondary N) is 1. The Morgan fingerprint density at radius 1 is 0.970 bits per heavy atom. The number of rotatable bonds is 11. The molecule has 0 unspecified atom stereocenters. The van der Waals surface area contributed by atoms with Crippen molar-refractivity contribution in [2.24, 2.45) is 0 Å². The summed E-state index contributed by atoms with van der Waals surface area (Å²) in [6.45, 7) is 2.35. The van der Waals surface area contributed by atoms with E-state index in [-0.39, 0.29) is 18.2 Å². The Balaban J connectivity index is 1.68. The third-order valence-corrected chi connectivity index (χ3v) is 5.35. The van der Waals surface area contributed by atoms with Gasteiger partial charge in [0.25, 0.3) is 5.91 Å². The van der Waals surface area contributed by atoms with Crippen LogP contribution in [-0.2, 0) is 11.3 Å². The highest BCUT2D eigenvalue weighted by atomic mass is 16.5. The van der Waals surface area contributed by atoms with Crippen LogP contribution >= 0.6 is 0 Å². The summed E-state index contributed by atoms with van der Waals surface area (Å²) in [5.74, 6) is 0.648. The van der Waals surface area contributed by atoms with Gasteiger partial charge in [0.15, 0.2) is 0 Å². The number of ether oxygens (including phenoxy) is 2. The second-order valence-corrected chi connectivity index (χ2v) is 7.78. The summed E-state index contributed by atoms with van der Waals surface area (Å²) >= 11 is 0. The van der Waals surface area contributed by atoms with E-state index < -0.39 is 5.97 Å². The molecule has 0 saturated heterocycles. The number of carboxylic acid groups (broad SMARTS) is 1. The van der Waals surface area contributed by atoms with Gasteiger partial charge in [-0.3, -0.25) is 9.59 Å². The summed E-state index contributed by atoms with van der Waals surface area (Å²) in [6.07, 6.45) is 1.62. The van der Waals surface area contributed by atoms with E-state index in [1.54, 1.807) is 12.1 Å². The molecule has 0 spiro atoms. The van der Waals surface area contributed by atoms with Gasteiger partial charge in [-0.05, 0) is 59.9 Å². The fraction of sp³-hybridized carbons (Fsp3) is 0.259. The maximum absolute atomic E-state index is 12.9. The molecule has 0 fully saturated rings. The van der Waals surface area contributed by atoms with Crippen molar-refractivity contribution in [1.29, 1.82) is 0 Å². The Hall–Kier alpha value is -3.80. The van der Waals surface area contributed by atoms with Crippen molar-refractivity contribution in [3.8, 4) is 17.2 Å². The highest BCUT2D eigenvalue weighted by molar-refractivity contribution is 5.97. The second-order valence-electron chi connectivity index (χ2n) is 7.78. The molecule has 0 bridgehead atoms. The minimum Gasteiger partial charge on any atom is -0.496 e. The maximum Gasteiger partial charge on any atom is 0.303 e. The quantitative estimate of drug-likeness (QED) is 0.389. The van der Waals surface area contributed by atoms with Crippen molar-refractivity contribution in [3.05, 3.63) is 89.5 Å². The van der Waals surface area contributed by atoms with Crippen LogP contribution in [0.15, 0.2) is 72.8 Å². The molecule has 0 aromatic heterocycles. The van der Waals surface area contributed by atoms with Crippen LogP contribution in [0.25, 0.3) is 0 Å². The molecule has 3 rings (SSSR count). The number of hydrogen-bond acceptors (Lipinski definition) is 4. The number of para-hydroxylation sites is 1. The molecule has 0 aliphatic carbocycles. The molecule has 6 heteroatoms. The van der Waals surface area contributed by atoms with Gasteiger partial charge in [0.2, 0.25) is 0 Å². The largest absolute Gasteiger partial charge is 0.496 e. The number of methoxy groups -OCH3 is 1. The molecule has 0 aliphatic rings. The number of hydrogen-bond donors (Lipinski definition) is 2. The average Bonchev–Trinajstić information content (AvgIpc) is 2.83. The highest BCUT2D eigenvalue weighted by Crippen LogP contribution is 2.29. The summed E-state index contributed by atoms with van der Waals surface area (Å²) in [4.78, 5) is 24.2. The summed E-state index contributed by atoms with van der Waals surface area (Å²) in [7, 11) is 1.51. The van der Waals surface area contributed by atoms with Crippen LogP contribution in [0.2, 0.25) is 0 Å². The van der Waals surface area contributed by atoms with Gasteiger partial charge >= 0.3 is 5.97 Å². The van der Waals surface area contributed by atoms with Crippen molar-refractivity contribution in [2.75, 3.05) is 7.11 Å². The summed E-state index contributed by atoms with van der Waals surface area (Å²) in [5, 5.41) is 12.2. The van der Waals surface area contributed by atoms with Crippen LogP contribution in [0.1, 0.15) is 53.6 Å². The van der Waals surface area contributed by atoms with Gasteiger partial charge in [-0.2, -0.15) is 0 Å². The van der Waals surface area contributed by atoms with E-state index in [1.165, 1.54) is 7.11 Å². The number of carboxylic acids is 1. The number of carbonyl (C=O) groups is 2. The zero-order valence-electron chi connectivity index (χ0n) is 18.9. The topological polar surface area (TPSA) is 84.9 Å². The molecule has 1 atom stereocenters. The lowest BCUT2D eigenvalue weighted by atomic mass is 9.90. The summed E-state index contributed by atoms with van der Waals surface area (Å²) in [6, 6.07) is 22.3. The lowest BCUT2D eigenvalue weighted by Gasteiger charge is -2.17. The fourth-order valence-corrected chi connectivity index (χ4v) is 3.68. The number of aliphatic carboxylic acids is 1. The molecule has 0 saturated carbocycles. The van der Waals surface area contributed by atoms with E-state index in [9.17, 15) is 14.7 Å². The normalized spacial score (nSPS) is 11.5. The standard InChI is InChI=1S/C27H29NO5/c1-3-7-20(17-26(29)30)21-12-15-25(32-2)24(16-21)27(31)28-18-19-10-13-23(14-11-19)33-22-8-5-4-6-9-22/h4-6,8-16,20H,3,7,17-18H2,1-2H3,(H,28,31)(H,29,30)/t20-/m0/s1. The third-order valence-electron chi connectivity index (χ3n) is 5.35. The van der Waals surface area contributed by atoms with Gasteiger partial charge in [-0.15, -0.1) is 0 Å². The summed E-state index contributed by atoms with van der Waals surface area (Å²) < 4.78 is 11.2. The highest BCUT2D eigenvalue weighted by Gasteiger charge is 2.19. The van der Waals surface area contributed by atoms with Gasteiger partial charge in [-0.25, -0.2) is 0 Å². The zero-order valence-corrected chi connectivity index (χ0v) is 18.9. The van der Waals surface area contributed by atoms with E-state index >= 15 is 0 Å². The van der Waals surface area contributed by atoms with Crippen LogP contribution in [-0.4, -0.2) is 24.1 Å². The molecule has 6 nitrogen and oxygen atoms in total. The predicted molar refractivity (Wildman–Crippen MR) is 127 cm³/mol. The first-order valence-electron chi connectivity index (χ1n) is 11.0. The van der Waals surface area contributed by atoms with E-state index in [0.717, 1.165) is 29.7 Å². The first kappa shape index (κ1) is 23.9. The van der Waals surface area contributed by atoms with Gasteiger partial charge < -0.3 is 19.9 Å². The molecule has 172 valence electrons. The SMILES string of the molecule is CCC[C@@H](CC(=O)O)c1ccc(OC)c(C(=O)NCc2ccc(Oc3ccccc3)cc2)c1. The smallest absolute Gasteiger partial charge is 0.303 e. The molecular formula is C27H29NO5. The number of benzene rings is 3. The second kappa shape index (κ2) is 11.7. The Kier molecular flexibility index (Phi) is 8.47. The maximum atomic E-state index is 12.9. The lowest BCUT2D eigenvalue weighted by molar-refractivity contribution is -0.137. The Bertz CT molecular complexity index is 1060. The van der Waals surface area contributed by atoms with Gasteiger partial charge in [0.1, 0.15) is 17.2 Å². The molecule has 2 N–H and O–H groups in total. The van der Waals surface area contributed by atoms with Crippen LogP contribution in [0.4, 0.5) is 0 Å². The van der Waals surface area contributed by atoms with Crippen LogP contribution in [0.3, 0.4) is 0 Å². The van der Waals surface area contributed by atoms with Crippen LogP contribution in [0.5, 0.6) is 17.2 Å². The van der Waals surface area contributed by atoms with Crippen LogP contribution < -0.4 is 14.8 Å². The minimum absolute atomic E-state index is 0.0264. The molecule has 0 aliphatic heterocycles. The van der Waals surface area contributed by atoms with E-state index in [2.05, 4.69) is 5.32 Å². The minimum atomic E-state index is -0.852. The van der Waals surface area contributed by atoms with E-state index in [4.69, 9.17) is 9.47 Å². The Morgan fingerprint density at radius 3 is 2.30 bits per heavy atom. The van der Waals surface area contributed by atoms with E-state index in [0.29, 0.717) is 23.6 Å². The molecule has 3 aromatic rings. The molecular weight excluding hydrogens is 418 g/mol. The van der Waals surface area contributed by atoms with Crippen molar-refractivity contribution in [3.63, 3.8) is 0 Å². The Morgan fingerprint density at radius 2 is 1.67 bits per heavy atom.